The number of hydrogen-bond donors (Lipinski definition) is 1. The molecule has 0 spiro atoms. The van der Waals surface area contributed by atoms with Crippen LogP contribution < -0.4 is 5.32 Å². The summed E-state index contributed by atoms with van der Waals surface area (Å²) in [5.41, 5.74) is 2.06. The number of nitrogens with one attached hydrogen (secondary N) is 1. The summed E-state index contributed by atoms with van der Waals surface area (Å²) in [5.74, 6) is -0.330. The van der Waals surface area contributed by atoms with Crippen LogP contribution in [-0.2, 0) is 0 Å². The number of rotatable bonds is 4. The third kappa shape index (κ3) is 3.04. The van der Waals surface area contributed by atoms with Gasteiger partial charge in [0.2, 0.25) is 5.78 Å². The highest BCUT2D eigenvalue weighted by Gasteiger charge is 2.16. The van der Waals surface area contributed by atoms with Crippen molar-refractivity contribution in [1.82, 2.24) is 4.98 Å². The summed E-state index contributed by atoms with van der Waals surface area (Å²) in [5, 5.41) is 3.70. The van der Waals surface area contributed by atoms with Crippen LogP contribution in [0, 0.1) is 12.7 Å². The van der Waals surface area contributed by atoms with Crippen molar-refractivity contribution in [2.24, 2.45) is 0 Å². The van der Waals surface area contributed by atoms with E-state index in [-0.39, 0.29) is 11.6 Å². The topological polar surface area (TPSA) is 42.0 Å². The van der Waals surface area contributed by atoms with Crippen LogP contribution in [0.15, 0.2) is 54.6 Å². The lowest BCUT2D eigenvalue weighted by Crippen LogP contribution is -1.99. The van der Waals surface area contributed by atoms with Crippen LogP contribution in [-0.4, -0.2) is 10.8 Å². The monoisotopic (exact) mass is 312 g/mol. The SMILES string of the molecule is Cc1nc(Nc2ccc(F)cc2)sc1C(=O)c1ccccc1. The number of carbonyl (C=O) groups excluding carboxylic acids is 1. The van der Waals surface area contributed by atoms with Crippen LogP contribution in [0.25, 0.3) is 0 Å². The molecule has 0 atom stereocenters. The zero-order chi connectivity index (χ0) is 15.5. The van der Waals surface area contributed by atoms with Gasteiger partial charge in [-0.2, -0.15) is 0 Å². The maximum Gasteiger partial charge on any atom is 0.204 e. The molecule has 0 aliphatic carbocycles. The summed E-state index contributed by atoms with van der Waals surface area (Å²) in [4.78, 5) is 17.4. The minimum absolute atomic E-state index is 0.0391. The molecule has 3 nitrogen and oxygen atoms in total. The van der Waals surface area contributed by atoms with Crippen molar-refractivity contribution < 1.29 is 9.18 Å². The highest BCUT2D eigenvalue weighted by molar-refractivity contribution is 7.17. The number of aryl methyl sites for hydroxylation is 1. The summed E-state index contributed by atoms with van der Waals surface area (Å²) in [6.07, 6.45) is 0. The van der Waals surface area contributed by atoms with E-state index in [1.54, 1.807) is 24.3 Å². The van der Waals surface area contributed by atoms with Gasteiger partial charge in [-0.15, -0.1) is 0 Å². The van der Waals surface area contributed by atoms with Crippen LogP contribution in [0.4, 0.5) is 15.2 Å². The molecule has 22 heavy (non-hydrogen) atoms. The van der Waals surface area contributed by atoms with E-state index in [2.05, 4.69) is 10.3 Å². The first kappa shape index (κ1) is 14.4. The van der Waals surface area contributed by atoms with E-state index in [4.69, 9.17) is 0 Å². The Morgan fingerprint density at radius 3 is 2.45 bits per heavy atom. The number of thiazole rings is 1. The van der Waals surface area contributed by atoms with Crippen LogP contribution in [0.1, 0.15) is 20.9 Å². The van der Waals surface area contributed by atoms with Gasteiger partial charge in [-0.1, -0.05) is 41.7 Å². The molecule has 0 saturated heterocycles. The Morgan fingerprint density at radius 2 is 1.77 bits per heavy atom. The molecule has 0 amide bonds. The number of carbonyl (C=O) groups is 1. The van der Waals surface area contributed by atoms with Crippen molar-refractivity contribution in [2.45, 2.75) is 6.92 Å². The van der Waals surface area contributed by atoms with Gasteiger partial charge < -0.3 is 5.32 Å². The van der Waals surface area contributed by atoms with Crippen molar-refractivity contribution in [2.75, 3.05) is 5.32 Å². The summed E-state index contributed by atoms with van der Waals surface area (Å²) in [6.45, 7) is 1.81. The average Bonchev–Trinajstić information content (AvgIpc) is 2.90. The molecule has 0 saturated carbocycles. The molecule has 110 valence electrons. The Morgan fingerprint density at radius 1 is 1.09 bits per heavy atom. The molecule has 0 bridgehead atoms. The van der Waals surface area contributed by atoms with E-state index in [1.165, 1.54) is 23.5 Å². The van der Waals surface area contributed by atoms with Gasteiger partial charge in [0.05, 0.1) is 10.6 Å². The second kappa shape index (κ2) is 6.07. The van der Waals surface area contributed by atoms with E-state index >= 15 is 0 Å². The van der Waals surface area contributed by atoms with Crippen LogP contribution in [0.3, 0.4) is 0 Å². The second-order valence-corrected chi connectivity index (χ2v) is 5.76. The normalized spacial score (nSPS) is 10.5. The summed E-state index contributed by atoms with van der Waals surface area (Å²) in [7, 11) is 0. The Kier molecular flexibility index (Phi) is 3.98. The van der Waals surface area contributed by atoms with Crippen LogP contribution in [0.2, 0.25) is 0 Å². The Labute approximate surface area is 131 Å². The van der Waals surface area contributed by atoms with Crippen LogP contribution >= 0.6 is 11.3 Å². The van der Waals surface area contributed by atoms with E-state index in [1.807, 2.05) is 25.1 Å². The van der Waals surface area contributed by atoms with Gasteiger partial charge in [0, 0.05) is 11.3 Å². The van der Waals surface area contributed by atoms with Gasteiger partial charge in [0.25, 0.3) is 0 Å². The standard InChI is InChI=1S/C17H13FN2OS/c1-11-16(15(21)12-5-3-2-4-6-12)22-17(19-11)20-14-9-7-13(18)8-10-14/h2-10H,1H3,(H,19,20). The Hall–Kier alpha value is -2.53. The van der Waals surface area contributed by atoms with Crippen molar-refractivity contribution >= 4 is 27.9 Å². The number of anilines is 2. The molecule has 3 rings (SSSR count). The van der Waals surface area contributed by atoms with Gasteiger partial charge in [-0.05, 0) is 31.2 Å². The fourth-order valence-corrected chi connectivity index (χ4v) is 2.99. The first-order chi connectivity index (χ1) is 10.6. The number of nitrogens with zero attached hydrogens (tertiary/aromatic N) is 1. The zero-order valence-electron chi connectivity index (χ0n) is 11.8. The third-order valence-electron chi connectivity index (χ3n) is 3.13. The smallest absolute Gasteiger partial charge is 0.204 e. The highest BCUT2D eigenvalue weighted by Crippen LogP contribution is 2.27. The molecule has 0 aliphatic heterocycles. The van der Waals surface area contributed by atoms with E-state index in [0.717, 1.165) is 5.69 Å². The average molecular weight is 312 g/mol. The third-order valence-corrected chi connectivity index (χ3v) is 4.21. The van der Waals surface area contributed by atoms with Crippen molar-refractivity contribution in [1.29, 1.82) is 0 Å². The van der Waals surface area contributed by atoms with Gasteiger partial charge in [-0.25, -0.2) is 9.37 Å². The molecule has 1 aromatic heterocycles. The largest absolute Gasteiger partial charge is 0.332 e. The zero-order valence-corrected chi connectivity index (χ0v) is 12.7. The molecule has 2 aromatic carbocycles. The number of aromatic nitrogens is 1. The lowest BCUT2D eigenvalue weighted by Gasteiger charge is -2.01. The number of ketones is 1. The first-order valence-electron chi connectivity index (χ1n) is 6.73. The summed E-state index contributed by atoms with van der Waals surface area (Å²) < 4.78 is 12.9. The van der Waals surface area contributed by atoms with Gasteiger partial charge >= 0.3 is 0 Å². The summed E-state index contributed by atoms with van der Waals surface area (Å²) in [6, 6.07) is 15.1. The molecular formula is C17H13FN2OS. The predicted molar refractivity (Wildman–Crippen MR) is 86.4 cm³/mol. The van der Waals surface area contributed by atoms with Crippen molar-refractivity contribution in [3.8, 4) is 0 Å². The Balaban J connectivity index is 1.85. The molecule has 1 N–H and O–H groups in total. The number of benzene rings is 2. The predicted octanol–water partition coefficient (Wildman–Crippen LogP) is 4.57. The quantitative estimate of drug-likeness (QED) is 0.718. The molecule has 0 radical (unpaired) electrons. The van der Waals surface area contributed by atoms with Crippen molar-refractivity contribution in [3.05, 3.63) is 76.5 Å². The lowest BCUT2D eigenvalue weighted by molar-refractivity contribution is 0.104. The highest BCUT2D eigenvalue weighted by atomic mass is 32.1. The minimum atomic E-state index is -0.291. The molecular weight excluding hydrogens is 299 g/mol. The maximum absolute atomic E-state index is 12.9. The number of hydrogen-bond acceptors (Lipinski definition) is 4. The Bertz CT molecular complexity index is 797. The lowest BCUT2D eigenvalue weighted by atomic mass is 10.1. The van der Waals surface area contributed by atoms with Gasteiger partial charge in [0.1, 0.15) is 5.82 Å². The fourth-order valence-electron chi connectivity index (χ4n) is 2.04. The summed E-state index contributed by atoms with van der Waals surface area (Å²) >= 11 is 1.30. The first-order valence-corrected chi connectivity index (χ1v) is 7.55. The second-order valence-electron chi connectivity index (χ2n) is 4.76. The number of halogens is 1. The van der Waals surface area contributed by atoms with E-state index < -0.39 is 0 Å². The van der Waals surface area contributed by atoms with Crippen LogP contribution in [0.5, 0.6) is 0 Å². The molecule has 0 unspecified atom stereocenters. The molecule has 5 heteroatoms. The van der Waals surface area contributed by atoms with Gasteiger partial charge in [0.15, 0.2) is 5.13 Å². The molecule has 3 aromatic rings. The van der Waals surface area contributed by atoms with E-state index in [0.29, 0.717) is 21.3 Å². The molecule has 0 aliphatic rings. The minimum Gasteiger partial charge on any atom is -0.332 e. The molecule has 0 fully saturated rings. The maximum atomic E-state index is 12.9. The molecule has 1 heterocycles. The van der Waals surface area contributed by atoms with E-state index in [9.17, 15) is 9.18 Å². The fraction of sp³-hybridized carbons (Fsp3) is 0.0588. The van der Waals surface area contributed by atoms with Gasteiger partial charge in [-0.3, -0.25) is 4.79 Å². The van der Waals surface area contributed by atoms with Crippen molar-refractivity contribution in [3.63, 3.8) is 0 Å².